The average Bonchev–Trinajstić information content (AvgIpc) is 3.32. The van der Waals surface area contributed by atoms with Crippen molar-refractivity contribution in [1.82, 2.24) is 15.0 Å². The maximum atomic E-state index is 12.6. The lowest BCUT2D eigenvalue weighted by Gasteiger charge is -2.10. The quantitative estimate of drug-likeness (QED) is 0.341. The van der Waals surface area contributed by atoms with Gasteiger partial charge in [-0.15, -0.1) is 0 Å². The summed E-state index contributed by atoms with van der Waals surface area (Å²) in [5, 5.41) is 14.8. The van der Waals surface area contributed by atoms with E-state index in [4.69, 9.17) is 14.0 Å². The maximum absolute atomic E-state index is 12.6. The van der Waals surface area contributed by atoms with E-state index in [-0.39, 0.29) is 35.1 Å². The topological polar surface area (TPSA) is 138 Å². The highest BCUT2D eigenvalue weighted by Crippen LogP contribution is 2.32. The number of nitro groups is 1. The summed E-state index contributed by atoms with van der Waals surface area (Å²) in [5.41, 5.74) is 0.366. The van der Waals surface area contributed by atoms with Gasteiger partial charge in [-0.2, -0.15) is 4.98 Å². The maximum Gasteiger partial charge on any atom is 0.270 e. The molecule has 0 aliphatic carbocycles. The van der Waals surface area contributed by atoms with Crippen LogP contribution in [0.15, 0.2) is 40.9 Å². The normalized spacial score (nSPS) is 12.8. The largest absolute Gasteiger partial charge is 0.493 e. The summed E-state index contributed by atoms with van der Waals surface area (Å²) in [4.78, 5) is 40.5. The van der Waals surface area contributed by atoms with E-state index >= 15 is 0 Å². The number of fused-ring (bicyclic) bond motifs is 1. The molecule has 0 bridgehead atoms. The summed E-state index contributed by atoms with van der Waals surface area (Å²) < 4.78 is 15.6. The minimum Gasteiger partial charge on any atom is -0.493 e. The first-order valence-electron chi connectivity index (χ1n) is 8.62. The minimum absolute atomic E-state index is 0.0313. The molecule has 11 nitrogen and oxygen atoms in total. The van der Waals surface area contributed by atoms with Gasteiger partial charge in [0, 0.05) is 17.7 Å². The third kappa shape index (κ3) is 3.11. The standard InChI is InChI=1S/C19H14N4O7/c1-28-14-6-3-10(7-15(14)29-2)17-20-16(30-21-17)9-22-18(24)12-5-4-11(23(26)27)8-13(12)19(22)25/h3-8H,9H2,1-2H3. The van der Waals surface area contributed by atoms with Gasteiger partial charge in [0.15, 0.2) is 11.5 Å². The Morgan fingerprint density at radius 3 is 2.47 bits per heavy atom. The van der Waals surface area contributed by atoms with Crippen molar-refractivity contribution in [2.75, 3.05) is 14.2 Å². The van der Waals surface area contributed by atoms with Gasteiger partial charge in [0.25, 0.3) is 17.5 Å². The van der Waals surface area contributed by atoms with Crippen molar-refractivity contribution in [2.45, 2.75) is 6.54 Å². The molecule has 2 heterocycles. The summed E-state index contributed by atoms with van der Waals surface area (Å²) in [6.45, 7) is -0.263. The van der Waals surface area contributed by atoms with Gasteiger partial charge < -0.3 is 14.0 Å². The van der Waals surface area contributed by atoms with Crippen molar-refractivity contribution < 1.29 is 28.5 Å². The highest BCUT2D eigenvalue weighted by atomic mass is 16.6. The third-order valence-electron chi connectivity index (χ3n) is 4.57. The number of benzene rings is 2. The van der Waals surface area contributed by atoms with Gasteiger partial charge >= 0.3 is 0 Å². The van der Waals surface area contributed by atoms with Crippen LogP contribution in [-0.4, -0.2) is 46.0 Å². The Bertz CT molecular complexity index is 1190. The highest BCUT2D eigenvalue weighted by Gasteiger charge is 2.37. The zero-order valence-electron chi connectivity index (χ0n) is 15.8. The number of carbonyl (C=O) groups excluding carboxylic acids is 2. The Balaban J connectivity index is 1.58. The molecule has 0 spiro atoms. The van der Waals surface area contributed by atoms with Crippen molar-refractivity contribution in [2.24, 2.45) is 0 Å². The number of non-ortho nitro benzene ring substituents is 1. The van der Waals surface area contributed by atoms with E-state index in [2.05, 4.69) is 10.1 Å². The second kappa shape index (κ2) is 7.28. The van der Waals surface area contributed by atoms with E-state index in [9.17, 15) is 19.7 Å². The molecule has 2 amide bonds. The first kappa shape index (κ1) is 19.1. The number of aromatic nitrogens is 2. The molecule has 0 fully saturated rings. The molecule has 0 N–H and O–H groups in total. The van der Waals surface area contributed by atoms with E-state index < -0.39 is 16.7 Å². The van der Waals surface area contributed by atoms with Gasteiger partial charge in [-0.25, -0.2) is 0 Å². The van der Waals surface area contributed by atoms with Gasteiger partial charge in [-0.05, 0) is 24.3 Å². The fraction of sp³-hybridized carbons (Fsp3) is 0.158. The lowest BCUT2D eigenvalue weighted by Crippen LogP contribution is -2.29. The fourth-order valence-corrected chi connectivity index (χ4v) is 3.08. The molecule has 1 aliphatic rings. The summed E-state index contributed by atoms with van der Waals surface area (Å²) in [6.07, 6.45) is 0. The molecule has 152 valence electrons. The van der Waals surface area contributed by atoms with Crippen LogP contribution in [0.3, 0.4) is 0 Å². The number of carbonyl (C=O) groups is 2. The molecule has 11 heteroatoms. The second-order valence-corrected chi connectivity index (χ2v) is 6.26. The molecular formula is C19H14N4O7. The summed E-state index contributed by atoms with van der Waals surface area (Å²) in [5.74, 6) is 0.0238. The van der Waals surface area contributed by atoms with E-state index in [0.717, 1.165) is 11.0 Å². The number of imide groups is 1. The van der Waals surface area contributed by atoms with Crippen LogP contribution in [0.4, 0.5) is 5.69 Å². The number of ether oxygens (including phenoxy) is 2. The van der Waals surface area contributed by atoms with Crippen LogP contribution in [0.25, 0.3) is 11.4 Å². The number of methoxy groups -OCH3 is 2. The Hall–Kier alpha value is -4.28. The van der Waals surface area contributed by atoms with Crippen LogP contribution in [0.1, 0.15) is 26.6 Å². The Morgan fingerprint density at radius 1 is 1.03 bits per heavy atom. The molecule has 0 radical (unpaired) electrons. The smallest absolute Gasteiger partial charge is 0.270 e. The summed E-state index contributed by atoms with van der Waals surface area (Å²) >= 11 is 0. The van der Waals surface area contributed by atoms with Crippen molar-refractivity contribution in [1.29, 1.82) is 0 Å². The summed E-state index contributed by atoms with van der Waals surface area (Å²) in [6, 6.07) is 8.57. The molecule has 0 saturated carbocycles. The number of nitrogens with zero attached hydrogens (tertiary/aromatic N) is 4. The van der Waals surface area contributed by atoms with Crippen LogP contribution in [0.5, 0.6) is 11.5 Å². The second-order valence-electron chi connectivity index (χ2n) is 6.26. The lowest BCUT2D eigenvalue weighted by molar-refractivity contribution is -0.384. The molecule has 4 rings (SSSR count). The minimum atomic E-state index is -0.662. The van der Waals surface area contributed by atoms with E-state index in [1.165, 1.54) is 26.4 Å². The molecule has 3 aromatic rings. The number of hydrogen-bond donors (Lipinski definition) is 0. The number of rotatable bonds is 6. The zero-order chi connectivity index (χ0) is 21.4. The Morgan fingerprint density at radius 2 is 1.77 bits per heavy atom. The zero-order valence-corrected chi connectivity index (χ0v) is 15.8. The van der Waals surface area contributed by atoms with Crippen molar-refractivity contribution in [3.05, 3.63) is 63.5 Å². The van der Waals surface area contributed by atoms with Crippen LogP contribution < -0.4 is 9.47 Å². The summed E-state index contributed by atoms with van der Waals surface area (Å²) in [7, 11) is 3.01. The molecule has 0 saturated heterocycles. The molecule has 2 aromatic carbocycles. The first-order valence-corrected chi connectivity index (χ1v) is 8.62. The Kier molecular flexibility index (Phi) is 4.62. The third-order valence-corrected chi connectivity index (χ3v) is 4.57. The van der Waals surface area contributed by atoms with Crippen molar-refractivity contribution >= 4 is 17.5 Å². The van der Waals surface area contributed by atoms with Crippen LogP contribution in [0.2, 0.25) is 0 Å². The average molecular weight is 410 g/mol. The predicted octanol–water partition coefficient (Wildman–Crippen LogP) is 2.46. The van der Waals surface area contributed by atoms with Crippen LogP contribution in [0, 0.1) is 10.1 Å². The van der Waals surface area contributed by atoms with E-state index in [0.29, 0.717) is 17.1 Å². The predicted molar refractivity (Wildman–Crippen MR) is 100 cm³/mol. The van der Waals surface area contributed by atoms with Gasteiger partial charge in [0.2, 0.25) is 11.7 Å². The van der Waals surface area contributed by atoms with Gasteiger partial charge in [0.05, 0.1) is 30.3 Å². The van der Waals surface area contributed by atoms with Gasteiger partial charge in [0.1, 0.15) is 6.54 Å². The van der Waals surface area contributed by atoms with Crippen LogP contribution >= 0.6 is 0 Å². The van der Waals surface area contributed by atoms with Crippen molar-refractivity contribution in [3.63, 3.8) is 0 Å². The molecule has 30 heavy (non-hydrogen) atoms. The molecule has 0 atom stereocenters. The molecular weight excluding hydrogens is 396 g/mol. The number of amides is 2. The van der Waals surface area contributed by atoms with Gasteiger partial charge in [-0.1, -0.05) is 5.16 Å². The fourth-order valence-electron chi connectivity index (χ4n) is 3.08. The molecule has 1 aliphatic heterocycles. The molecule has 0 unspecified atom stereocenters. The van der Waals surface area contributed by atoms with Crippen LogP contribution in [-0.2, 0) is 6.54 Å². The van der Waals surface area contributed by atoms with E-state index in [1.54, 1.807) is 18.2 Å². The number of hydrogen-bond acceptors (Lipinski definition) is 9. The number of nitro benzene ring substituents is 1. The van der Waals surface area contributed by atoms with E-state index in [1.807, 2.05) is 0 Å². The Labute approximate surface area is 169 Å². The molecule has 1 aromatic heterocycles. The first-order chi connectivity index (χ1) is 14.4. The van der Waals surface area contributed by atoms with Crippen molar-refractivity contribution in [3.8, 4) is 22.9 Å². The SMILES string of the molecule is COc1ccc(-c2noc(CN3C(=O)c4ccc([N+](=O)[O-])cc4C3=O)n2)cc1OC. The monoisotopic (exact) mass is 410 g/mol. The highest BCUT2D eigenvalue weighted by molar-refractivity contribution is 6.21. The lowest BCUT2D eigenvalue weighted by atomic mass is 10.1. The van der Waals surface area contributed by atoms with Gasteiger partial charge in [-0.3, -0.25) is 24.6 Å².